The Morgan fingerprint density at radius 3 is 2.70 bits per heavy atom. The number of rotatable bonds is 2. The van der Waals surface area contributed by atoms with Crippen LogP contribution in [-0.2, 0) is 0 Å². The van der Waals surface area contributed by atoms with Crippen LogP contribution in [0, 0.1) is 0 Å². The number of furan rings is 1. The fourth-order valence-electron chi connectivity index (χ4n) is 0.525. The van der Waals surface area contributed by atoms with Crippen molar-refractivity contribution in [3.63, 3.8) is 0 Å². The van der Waals surface area contributed by atoms with Gasteiger partial charge in [0.15, 0.2) is 6.29 Å². The Kier molecular flexibility index (Phi) is 1.53. The van der Waals surface area contributed by atoms with Crippen LogP contribution in [0.2, 0.25) is 0 Å². The highest BCUT2D eigenvalue weighted by Crippen LogP contribution is 2.04. The normalized spacial score (nSPS) is 9.20. The maximum atomic E-state index is 10.1. The van der Waals surface area contributed by atoms with E-state index in [4.69, 9.17) is 5.11 Å². The third-order valence-corrected chi connectivity index (χ3v) is 0.967. The molecule has 0 fully saturated rings. The third kappa shape index (κ3) is 1.05. The highest BCUT2D eigenvalue weighted by molar-refractivity contribution is 5.87. The van der Waals surface area contributed by atoms with Gasteiger partial charge in [-0.2, -0.15) is 0 Å². The van der Waals surface area contributed by atoms with E-state index in [-0.39, 0.29) is 11.3 Å². The predicted molar refractivity (Wildman–Crippen MR) is 31.1 cm³/mol. The summed E-state index contributed by atoms with van der Waals surface area (Å²) >= 11 is 0. The number of carbonyl (C=O) groups is 2. The maximum Gasteiger partial charge on any atom is 0.371 e. The number of aromatic carboxylic acids is 1. The average molecular weight is 140 g/mol. The first kappa shape index (κ1) is 6.54. The van der Waals surface area contributed by atoms with Crippen LogP contribution >= 0.6 is 0 Å². The summed E-state index contributed by atoms with van der Waals surface area (Å²) in [6.45, 7) is 0. The summed E-state index contributed by atoms with van der Waals surface area (Å²) in [5.41, 5.74) is 0.234. The van der Waals surface area contributed by atoms with Gasteiger partial charge in [0.2, 0.25) is 5.76 Å². The lowest BCUT2D eigenvalue weighted by Crippen LogP contribution is -1.91. The van der Waals surface area contributed by atoms with Gasteiger partial charge in [0.05, 0.1) is 5.56 Å². The zero-order valence-corrected chi connectivity index (χ0v) is 4.90. The Labute approximate surface area is 56.1 Å². The Morgan fingerprint density at radius 2 is 2.40 bits per heavy atom. The van der Waals surface area contributed by atoms with Gasteiger partial charge in [0, 0.05) is 6.07 Å². The van der Waals surface area contributed by atoms with E-state index in [0.29, 0.717) is 6.29 Å². The summed E-state index contributed by atoms with van der Waals surface area (Å²) in [5, 5.41) is 8.28. The molecule has 0 aliphatic rings. The van der Waals surface area contributed by atoms with Crippen molar-refractivity contribution in [1.29, 1.82) is 0 Å². The molecule has 1 aromatic heterocycles. The van der Waals surface area contributed by atoms with Gasteiger partial charge in [0.25, 0.3) is 0 Å². The molecule has 4 nitrogen and oxygen atoms in total. The van der Waals surface area contributed by atoms with Crippen LogP contribution in [0.5, 0.6) is 0 Å². The molecule has 52 valence electrons. The van der Waals surface area contributed by atoms with Gasteiger partial charge in [-0.25, -0.2) is 4.79 Å². The number of carbonyl (C=O) groups excluding carboxylic acids is 1. The van der Waals surface area contributed by atoms with Crippen molar-refractivity contribution in [2.24, 2.45) is 0 Å². The molecule has 1 N–H and O–H groups in total. The smallest absolute Gasteiger partial charge is 0.371 e. The lowest BCUT2D eigenvalue weighted by atomic mass is 10.3. The summed E-state index contributed by atoms with van der Waals surface area (Å²) in [7, 11) is 0. The zero-order chi connectivity index (χ0) is 7.56. The SMILES string of the molecule is O=Cc1coc(C(=O)O)c1. The molecule has 0 amide bonds. The molecule has 4 heteroatoms. The molecule has 0 unspecified atom stereocenters. The molecule has 0 atom stereocenters. The molecular formula is C6H4O4. The fraction of sp³-hybridized carbons (Fsp3) is 0. The van der Waals surface area contributed by atoms with E-state index in [9.17, 15) is 9.59 Å². The quantitative estimate of drug-likeness (QED) is 0.616. The summed E-state index contributed by atoms with van der Waals surface area (Å²) in [5.74, 6) is -1.39. The van der Waals surface area contributed by atoms with Crippen LogP contribution < -0.4 is 0 Å². The Balaban J connectivity index is 2.98. The van der Waals surface area contributed by atoms with Crippen molar-refractivity contribution < 1.29 is 19.1 Å². The monoisotopic (exact) mass is 140 g/mol. The lowest BCUT2D eigenvalue weighted by molar-refractivity contribution is 0.0662. The fourth-order valence-corrected chi connectivity index (χ4v) is 0.525. The van der Waals surface area contributed by atoms with E-state index < -0.39 is 5.97 Å². The molecule has 0 radical (unpaired) electrons. The standard InChI is InChI=1S/C6H4O4/c7-2-4-1-5(6(8)9)10-3-4/h1-3H,(H,8,9). The van der Waals surface area contributed by atoms with Crippen molar-refractivity contribution in [2.75, 3.05) is 0 Å². The Bertz CT molecular complexity index is 260. The molecule has 1 heterocycles. The van der Waals surface area contributed by atoms with E-state index in [1.807, 2.05) is 0 Å². The molecule has 10 heavy (non-hydrogen) atoms. The first-order valence-corrected chi connectivity index (χ1v) is 2.51. The maximum absolute atomic E-state index is 10.1. The summed E-state index contributed by atoms with van der Waals surface area (Å²) in [6.07, 6.45) is 1.62. The first-order chi connectivity index (χ1) is 4.74. The van der Waals surface area contributed by atoms with E-state index in [0.717, 1.165) is 12.3 Å². The number of hydrogen-bond acceptors (Lipinski definition) is 3. The molecule has 0 aliphatic carbocycles. The molecule has 0 aliphatic heterocycles. The van der Waals surface area contributed by atoms with E-state index in [2.05, 4.69) is 4.42 Å². The summed E-state index contributed by atoms with van der Waals surface area (Å²) in [4.78, 5) is 20.1. The van der Waals surface area contributed by atoms with E-state index in [1.54, 1.807) is 0 Å². The van der Waals surface area contributed by atoms with Crippen molar-refractivity contribution >= 4 is 12.3 Å². The van der Waals surface area contributed by atoms with Crippen molar-refractivity contribution in [2.45, 2.75) is 0 Å². The van der Waals surface area contributed by atoms with Gasteiger partial charge in [-0.3, -0.25) is 4.79 Å². The molecule has 0 spiro atoms. The van der Waals surface area contributed by atoms with Crippen LogP contribution in [0.3, 0.4) is 0 Å². The van der Waals surface area contributed by atoms with Gasteiger partial charge in [-0.05, 0) is 0 Å². The van der Waals surface area contributed by atoms with Gasteiger partial charge < -0.3 is 9.52 Å². The van der Waals surface area contributed by atoms with Crippen LogP contribution in [0.25, 0.3) is 0 Å². The van der Waals surface area contributed by atoms with Crippen LogP contribution in [0.4, 0.5) is 0 Å². The lowest BCUT2D eigenvalue weighted by Gasteiger charge is -1.79. The minimum absolute atomic E-state index is 0.220. The van der Waals surface area contributed by atoms with Crippen molar-refractivity contribution in [3.8, 4) is 0 Å². The number of hydrogen-bond donors (Lipinski definition) is 1. The molecule has 0 saturated carbocycles. The van der Waals surface area contributed by atoms with Crippen LogP contribution in [0.15, 0.2) is 16.7 Å². The highest BCUT2D eigenvalue weighted by atomic mass is 16.4. The number of carboxylic acid groups (broad SMARTS) is 1. The summed E-state index contributed by atoms with van der Waals surface area (Å²) in [6, 6.07) is 1.16. The van der Waals surface area contributed by atoms with Crippen molar-refractivity contribution in [3.05, 3.63) is 23.7 Å². The first-order valence-electron chi connectivity index (χ1n) is 2.51. The molecule has 0 bridgehead atoms. The predicted octanol–water partition coefficient (Wildman–Crippen LogP) is 0.790. The van der Waals surface area contributed by atoms with Crippen molar-refractivity contribution in [1.82, 2.24) is 0 Å². The average Bonchev–Trinajstić information content (AvgIpc) is 2.34. The largest absolute Gasteiger partial charge is 0.475 e. The second kappa shape index (κ2) is 2.34. The topological polar surface area (TPSA) is 67.5 Å². The van der Waals surface area contributed by atoms with Gasteiger partial charge in [0.1, 0.15) is 6.26 Å². The second-order valence-electron chi connectivity index (χ2n) is 1.67. The number of aldehydes is 1. The van der Waals surface area contributed by atoms with E-state index in [1.165, 1.54) is 0 Å². The Morgan fingerprint density at radius 1 is 1.70 bits per heavy atom. The van der Waals surface area contributed by atoms with Gasteiger partial charge in [-0.15, -0.1) is 0 Å². The Hall–Kier alpha value is -1.58. The van der Waals surface area contributed by atoms with Crippen LogP contribution in [0.1, 0.15) is 20.9 Å². The second-order valence-corrected chi connectivity index (χ2v) is 1.67. The minimum atomic E-state index is -1.17. The number of carboxylic acids is 1. The minimum Gasteiger partial charge on any atom is -0.475 e. The summed E-state index contributed by atoms with van der Waals surface area (Å²) < 4.78 is 4.49. The van der Waals surface area contributed by atoms with Crippen LogP contribution in [-0.4, -0.2) is 17.4 Å². The van der Waals surface area contributed by atoms with E-state index >= 15 is 0 Å². The zero-order valence-electron chi connectivity index (χ0n) is 4.90. The molecular weight excluding hydrogens is 136 g/mol. The molecule has 0 aromatic carbocycles. The molecule has 1 rings (SSSR count). The molecule has 1 aromatic rings. The molecule has 0 saturated heterocycles. The van der Waals surface area contributed by atoms with Gasteiger partial charge in [-0.1, -0.05) is 0 Å². The highest BCUT2D eigenvalue weighted by Gasteiger charge is 2.07. The van der Waals surface area contributed by atoms with Gasteiger partial charge >= 0.3 is 5.97 Å². The third-order valence-electron chi connectivity index (χ3n) is 0.967.